The number of H-pyrrole nitrogens is 1. The van der Waals surface area contributed by atoms with E-state index in [0.29, 0.717) is 5.56 Å². The van der Waals surface area contributed by atoms with E-state index in [2.05, 4.69) is 4.98 Å². The molecular weight excluding hydrogens is 277 g/mol. The average molecular weight is 288 g/mol. The topological polar surface area (TPSA) is 32.9 Å². The first-order valence-electron chi connectivity index (χ1n) is 6.14. The van der Waals surface area contributed by atoms with Gasteiger partial charge in [0.15, 0.2) is 5.78 Å². The zero-order valence-corrected chi connectivity index (χ0v) is 11.5. The lowest BCUT2D eigenvalue weighted by Gasteiger charge is -2.02. The molecule has 0 unspecified atom stereocenters. The van der Waals surface area contributed by atoms with Gasteiger partial charge in [-0.05, 0) is 37.3 Å². The molecule has 0 spiro atoms. The summed E-state index contributed by atoms with van der Waals surface area (Å²) in [4.78, 5) is 15.5. The molecule has 2 aromatic carbocycles. The summed E-state index contributed by atoms with van der Waals surface area (Å²) >= 11 is 5.70. The van der Waals surface area contributed by atoms with Crippen LogP contribution in [0, 0.1) is 12.7 Å². The zero-order chi connectivity index (χ0) is 14.3. The van der Waals surface area contributed by atoms with Crippen LogP contribution in [0.5, 0.6) is 0 Å². The molecule has 0 radical (unpaired) electrons. The third-order valence-electron chi connectivity index (χ3n) is 3.26. The highest BCUT2D eigenvalue weighted by Crippen LogP contribution is 2.24. The Kier molecular flexibility index (Phi) is 3.07. The van der Waals surface area contributed by atoms with Gasteiger partial charge in [0.1, 0.15) is 5.82 Å². The van der Waals surface area contributed by atoms with E-state index in [4.69, 9.17) is 11.6 Å². The van der Waals surface area contributed by atoms with E-state index in [1.807, 2.05) is 25.1 Å². The van der Waals surface area contributed by atoms with Gasteiger partial charge in [0.25, 0.3) is 0 Å². The fraction of sp³-hybridized carbons (Fsp3) is 0.0625. The minimum absolute atomic E-state index is 0.0248. The van der Waals surface area contributed by atoms with Gasteiger partial charge in [-0.2, -0.15) is 0 Å². The van der Waals surface area contributed by atoms with Gasteiger partial charge in [-0.1, -0.05) is 23.2 Å². The summed E-state index contributed by atoms with van der Waals surface area (Å²) in [7, 11) is 0. The van der Waals surface area contributed by atoms with E-state index in [1.54, 1.807) is 6.20 Å². The lowest BCUT2D eigenvalue weighted by atomic mass is 10.0. The van der Waals surface area contributed by atoms with Crippen LogP contribution in [0.2, 0.25) is 5.02 Å². The lowest BCUT2D eigenvalue weighted by molar-refractivity contribution is 0.103. The molecule has 0 amide bonds. The summed E-state index contributed by atoms with van der Waals surface area (Å²) in [6.45, 7) is 1.95. The first-order valence-corrected chi connectivity index (χ1v) is 6.51. The highest BCUT2D eigenvalue weighted by molar-refractivity contribution is 6.30. The molecule has 0 saturated heterocycles. The predicted molar refractivity (Wildman–Crippen MR) is 77.9 cm³/mol. The molecule has 20 heavy (non-hydrogen) atoms. The molecule has 2 nitrogen and oxygen atoms in total. The monoisotopic (exact) mass is 287 g/mol. The number of aromatic amines is 1. The van der Waals surface area contributed by atoms with Crippen LogP contribution in [0.4, 0.5) is 4.39 Å². The molecule has 1 aromatic heterocycles. The van der Waals surface area contributed by atoms with Gasteiger partial charge in [-0.3, -0.25) is 4.79 Å². The van der Waals surface area contributed by atoms with Crippen molar-refractivity contribution in [1.29, 1.82) is 0 Å². The van der Waals surface area contributed by atoms with Crippen LogP contribution in [0.3, 0.4) is 0 Å². The minimum atomic E-state index is -0.607. The van der Waals surface area contributed by atoms with E-state index in [-0.39, 0.29) is 16.4 Å². The Bertz CT molecular complexity index is 822. The van der Waals surface area contributed by atoms with Crippen molar-refractivity contribution in [2.24, 2.45) is 0 Å². The quantitative estimate of drug-likeness (QED) is 0.692. The van der Waals surface area contributed by atoms with Crippen molar-refractivity contribution in [3.63, 3.8) is 0 Å². The highest BCUT2D eigenvalue weighted by atomic mass is 35.5. The van der Waals surface area contributed by atoms with E-state index < -0.39 is 5.82 Å². The van der Waals surface area contributed by atoms with Crippen LogP contribution in [-0.2, 0) is 0 Å². The Morgan fingerprint density at radius 3 is 2.70 bits per heavy atom. The van der Waals surface area contributed by atoms with Crippen molar-refractivity contribution in [2.45, 2.75) is 6.92 Å². The second-order valence-electron chi connectivity index (χ2n) is 4.70. The zero-order valence-electron chi connectivity index (χ0n) is 10.7. The number of carbonyl (C=O) groups excluding carboxylic acids is 1. The van der Waals surface area contributed by atoms with Crippen LogP contribution < -0.4 is 0 Å². The maximum Gasteiger partial charge on any atom is 0.198 e. The number of nitrogens with one attached hydrogen (secondary N) is 1. The average Bonchev–Trinajstić information content (AvgIpc) is 2.81. The van der Waals surface area contributed by atoms with Gasteiger partial charge in [0, 0.05) is 27.7 Å². The third-order valence-corrected chi connectivity index (χ3v) is 3.49. The fourth-order valence-electron chi connectivity index (χ4n) is 2.24. The second-order valence-corrected chi connectivity index (χ2v) is 5.14. The number of carbonyl (C=O) groups is 1. The lowest BCUT2D eigenvalue weighted by Crippen LogP contribution is -2.03. The molecule has 0 aliphatic rings. The molecule has 0 bridgehead atoms. The first kappa shape index (κ1) is 12.9. The standard InChI is InChI=1S/C16H11ClFNO/c1-9-2-5-15-12(6-9)13(8-19-15)16(20)11-4-3-10(17)7-14(11)18/h2-8,19H,1H3. The van der Waals surface area contributed by atoms with Crippen molar-refractivity contribution in [3.8, 4) is 0 Å². The van der Waals surface area contributed by atoms with Crippen LogP contribution in [-0.4, -0.2) is 10.8 Å². The summed E-state index contributed by atoms with van der Waals surface area (Å²) < 4.78 is 13.9. The van der Waals surface area contributed by atoms with Crippen LogP contribution in [0.15, 0.2) is 42.6 Å². The van der Waals surface area contributed by atoms with Crippen LogP contribution in [0.1, 0.15) is 21.5 Å². The largest absolute Gasteiger partial charge is 0.360 e. The molecule has 0 aliphatic carbocycles. The highest BCUT2D eigenvalue weighted by Gasteiger charge is 2.17. The molecule has 0 aliphatic heterocycles. The van der Waals surface area contributed by atoms with Gasteiger partial charge >= 0.3 is 0 Å². The predicted octanol–water partition coefficient (Wildman–Crippen LogP) is 4.50. The molecule has 4 heteroatoms. The molecule has 100 valence electrons. The molecule has 0 saturated carbocycles. The number of fused-ring (bicyclic) bond motifs is 1. The molecule has 1 heterocycles. The third kappa shape index (κ3) is 2.10. The van der Waals surface area contributed by atoms with Crippen molar-refractivity contribution in [2.75, 3.05) is 0 Å². The number of hydrogen-bond donors (Lipinski definition) is 1. The van der Waals surface area contributed by atoms with Gasteiger partial charge in [0.05, 0.1) is 5.56 Å². The van der Waals surface area contributed by atoms with Gasteiger partial charge < -0.3 is 4.98 Å². The minimum Gasteiger partial charge on any atom is -0.360 e. The number of halogens is 2. The smallest absolute Gasteiger partial charge is 0.198 e. The number of aromatic nitrogens is 1. The maximum absolute atomic E-state index is 13.9. The Balaban J connectivity index is 2.15. The van der Waals surface area contributed by atoms with Crippen LogP contribution in [0.25, 0.3) is 10.9 Å². The molecule has 1 N–H and O–H groups in total. The van der Waals surface area contributed by atoms with E-state index >= 15 is 0 Å². The number of aryl methyl sites for hydroxylation is 1. The normalized spacial score (nSPS) is 10.9. The summed E-state index contributed by atoms with van der Waals surface area (Å²) in [6, 6.07) is 9.84. The summed E-state index contributed by atoms with van der Waals surface area (Å²) in [5.74, 6) is -0.958. The molecular formula is C16H11ClFNO. The van der Waals surface area contributed by atoms with E-state index in [1.165, 1.54) is 12.1 Å². The molecule has 3 rings (SSSR count). The number of benzene rings is 2. The Hall–Kier alpha value is -2.13. The van der Waals surface area contributed by atoms with Gasteiger partial charge in [0.2, 0.25) is 0 Å². The van der Waals surface area contributed by atoms with Crippen LogP contribution >= 0.6 is 11.6 Å². The van der Waals surface area contributed by atoms with E-state index in [9.17, 15) is 9.18 Å². The Labute approximate surface area is 120 Å². The number of rotatable bonds is 2. The van der Waals surface area contributed by atoms with Crippen molar-refractivity contribution in [3.05, 3.63) is 70.1 Å². The van der Waals surface area contributed by atoms with Crippen molar-refractivity contribution < 1.29 is 9.18 Å². The SMILES string of the molecule is Cc1ccc2[nH]cc(C(=O)c3ccc(Cl)cc3F)c2c1. The molecule has 0 fully saturated rings. The summed E-state index contributed by atoms with van der Waals surface area (Å²) in [5.41, 5.74) is 2.39. The van der Waals surface area contributed by atoms with E-state index in [0.717, 1.165) is 22.5 Å². The number of ketones is 1. The van der Waals surface area contributed by atoms with Gasteiger partial charge in [-0.25, -0.2) is 4.39 Å². The Morgan fingerprint density at radius 1 is 1.15 bits per heavy atom. The maximum atomic E-state index is 13.9. The second kappa shape index (κ2) is 4.76. The summed E-state index contributed by atoms with van der Waals surface area (Å²) in [6.07, 6.45) is 1.61. The molecule has 0 atom stereocenters. The first-order chi connectivity index (χ1) is 9.56. The van der Waals surface area contributed by atoms with Gasteiger partial charge in [-0.15, -0.1) is 0 Å². The Morgan fingerprint density at radius 2 is 1.95 bits per heavy atom. The number of hydrogen-bond acceptors (Lipinski definition) is 1. The molecule has 3 aromatic rings. The van der Waals surface area contributed by atoms with Crippen molar-refractivity contribution in [1.82, 2.24) is 4.98 Å². The fourth-order valence-corrected chi connectivity index (χ4v) is 2.40. The van der Waals surface area contributed by atoms with Crippen molar-refractivity contribution >= 4 is 28.3 Å². The summed E-state index contributed by atoms with van der Waals surface area (Å²) in [5, 5.41) is 1.07.